The Morgan fingerprint density at radius 3 is 2.57 bits per heavy atom. The van der Waals surface area contributed by atoms with Crippen molar-refractivity contribution in [3.8, 4) is 11.3 Å². The summed E-state index contributed by atoms with van der Waals surface area (Å²) >= 11 is 1.15. The van der Waals surface area contributed by atoms with E-state index in [1.165, 1.54) is 11.1 Å². The van der Waals surface area contributed by atoms with E-state index in [1.54, 1.807) is 0 Å². The molecule has 2 rings (SSSR count). The first-order valence-corrected chi connectivity index (χ1v) is 5.07. The van der Waals surface area contributed by atoms with Crippen LogP contribution in [-0.4, -0.2) is 8.75 Å². The minimum Gasteiger partial charge on any atom is -0.381 e. The number of nitrogens with two attached hydrogens (primary N) is 1. The molecule has 1 heterocycles. The molecule has 14 heavy (non-hydrogen) atoms. The fraction of sp³-hybridized carbons (Fsp3) is 0.200. The molecule has 0 aliphatic carbocycles. The lowest BCUT2D eigenvalue weighted by molar-refractivity contribution is 1.36. The first kappa shape index (κ1) is 9.15. The van der Waals surface area contributed by atoms with Gasteiger partial charge in [-0.2, -0.15) is 8.75 Å². The standard InChI is InChI=1S/C10H11N3S/c1-6-3-4-8(7(2)5-6)9-10(11)13-14-12-9/h3-5H,1-2H3,(H2,11,13). The van der Waals surface area contributed by atoms with Gasteiger partial charge in [-0.3, -0.25) is 0 Å². The average Bonchev–Trinajstić information content (AvgIpc) is 2.52. The van der Waals surface area contributed by atoms with Gasteiger partial charge in [-0.05, 0) is 19.4 Å². The fourth-order valence-corrected chi connectivity index (χ4v) is 1.95. The number of anilines is 1. The summed E-state index contributed by atoms with van der Waals surface area (Å²) < 4.78 is 8.15. The summed E-state index contributed by atoms with van der Waals surface area (Å²) in [6, 6.07) is 6.22. The van der Waals surface area contributed by atoms with Gasteiger partial charge in [-0.25, -0.2) is 0 Å². The third-order valence-electron chi connectivity index (χ3n) is 2.15. The Labute approximate surface area is 86.9 Å². The van der Waals surface area contributed by atoms with Crippen molar-refractivity contribution in [2.45, 2.75) is 13.8 Å². The van der Waals surface area contributed by atoms with Crippen LogP contribution in [0.5, 0.6) is 0 Å². The second-order valence-electron chi connectivity index (χ2n) is 3.32. The molecule has 0 radical (unpaired) electrons. The maximum Gasteiger partial charge on any atom is 0.165 e. The quantitative estimate of drug-likeness (QED) is 0.777. The second-order valence-corrected chi connectivity index (χ2v) is 3.84. The van der Waals surface area contributed by atoms with Crippen molar-refractivity contribution in [2.24, 2.45) is 0 Å². The predicted octanol–water partition coefficient (Wildman–Crippen LogP) is 2.40. The Morgan fingerprint density at radius 2 is 2.00 bits per heavy atom. The summed E-state index contributed by atoms with van der Waals surface area (Å²) in [4.78, 5) is 0. The van der Waals surface area contributed by atoms with Crippen LogP contribution in [0.4, 0.5) is 5.82 Å². The third-order valence-corrected chi connectivity index (χ3v) is 2.69. The fourth-order valence-electron chi connectivity index (χ4n) is 1.46. The lowest BCUT2D eigenvalue weighted by Crippen LogP contribution is -1.91. The normalized spacial score (nSPS) is 10.4. The molecule has 2 N–H and O–H groups in total. The van der Waals surface area contributed by atoms with Gasteiger partial charge in [0, 0.05) is 5.56 Å². The topological polar surface area (TPSA) is 51.8 Å². The SMILES string of the molecule is Cc1ccc(-c2nsnc2N)c(C)c1. The molecule has 0 spiro atoms. The number of benzene rings is 1. The highest BCUT2D eigenvalue weighted by atomic mass is 32.1. The number of aryl methyl sites for hydroxylation is 2. The zero-order valence-corrected chi connectivity index (χ0v) is 8.93. The lowest BCUT2D eigenvalue weighted by Gasteiger charge is -2.03. The summed E-state index contributed by atoms with van der Waals surface area (Å²) in [7, 11) is 0. The summed E-state index contributed by atoms with van der Waals surface area (Å²) in [5, 5.41) is 0. The Bertz CT molecular complexity index is 462. The highest BCUT2D eigenvalue weighted by molar-refractivity contribution is 6.99. The van der Waals surface area contributed by atoms with Crippen LogP contribution in [-0.2, 0) is 0 Å². The molecule has 1 aromatic carbocycles. The van der Waals surface area contributed by atoms with Crippen molar-refractivity contribution in [1.82, 2.24) is 8.75 Å². The monoisotopic (exact) mass is 205 g/mol. The Balaban J connectivity index is 2.58. The molecule has 3 nitrogen and oxygen atoms in total. The molecule has 0 aliphatic rings. The average molecular weight is 205 g/mol. The third kappa shape index (κ3) is 1.48. The van der Waals surface area contributed by atoms with Crippen molar-refractivity contribution in [3.63, 3.8) is 0 Å². The van der Waals surface area contributed by atoms with Crippen LogP contribution in [0.15, 0.2) is 18.2 Å². The summed E-state index contributed by atoms with van der Waals surface area (Å²) in [6.45, 7) is 4.13. The number of hydrogen-bond donors (Lipinski definition) is 1. The van der Waals surface area contributed by atoms with Crippen LogP contribution < -0.4 is 5.73 Å². The molecule has 72 valence electrons. The van der Waals surface area contributed by atoms with Gasteiger partial charge in [-0.15, -0.1) is 0 Å². The van der Waals surface area contributed by atoms with Crippen LogP contribution in [0.3, 0.4) is 0 Å². The van der Waals surface area contributed by atoms with Gasteiger partial charge >= 0.3 is 0 Å². The first-order chi connectivity index (χ1) is 6.68. The van der Waals surface area contributed by atoms with Gasteiger partial charge in [-0.1, -0.05) is 23.8 Å². The van der Waals surface area contributed by atoms with E-state index < -0.39 is 0 Å². The van der Waals surface area contributed by atoms with E-state index >= 15 is 0 Å². The summed E-state index contributed by atoms with van der Waals surface area (Å²) in [6.07, 6.45) is 0. The van der Waals surface area contributed by atoms with Gasteiger partial charge in [0.2, 0.25) is 0 Å². The van der Waals surface area contributed by atoms with E-state index in [9.17, 15) is 0 Å². The van der Waals surface area contributed by atoms with Crippen molar-refractivity contribution in [3.05, 3.63) is 29.3 Å². The summed E-state index contributed by atoms with van der Waals surface area (Å²) in [5.41, 5.74) is 10.0. The molecule has 0 fully saturated rings. The molecule has 0 amide bonds. The molecular weight excluding hydrogens is 194 g/mol. The summed E-state index contributed by atoms with van der Waals surface area (Å²) in [5.74, 6) is 0.516. The van der Waals surface area contributed by atoms with Crippen LogP contribution in [0.2, 0.25) is 0 Å². The van der Waals surface area contributed by atoms with Crippen molar-refractivity contribution in [1.29, 1.82) is 0 Å². The molecular formula is C10H11N3S. The van der Waals surface area contributed by atoms with Gasteiger partial charge in [0.05, 0.1) is 11.7 Å². The second kappa shape index (κ2) is 3.38. The number of aromatic nitrogens is 2. The molecule has 0 saturated heterocycles. The lowest BCUT2D eigenvalue weighted by atomic mass is 10.0. The molecule has 2 aromatic rings. The van der Waals surface area contributed by atoms with Gasteiger partial charge in [0.1, 0.15) is 5.69 Å². The molecule has 0 saturated carbocycles. The highest BCUT2D eigenvalue weighted by Gasteiger charge is 2.09. The van der Waals surface area contributed by atoms with Crippen LogP contribution in [0.1, 0.15) is 11.1 Å². The Kier molecular flexibility index (Phi) is 2.21. The molecule has 0 unspecified atom stereocenters. The molecule has 1 aromatic heterocycles. The Hall–Kier alpha value is -1.42. The van der Waals surface area contributed by atoms with Crippen LogP contribution in [0.25, 0.3) is 11.3 Å². The van der Waals surface area contributed by atoms with Crippen molar-refractivity contribution in [2.75, 3.05) is 5.73 Å². The Morgan fingerprint density at radius 1 is 1.21 bits per heavy atom. The zero-order valence-electron chi connectivity index (χ0n) is 8.11. The predicted molar refractivity (Wildman–Crippen MR) is 59.2 cm³/mol. The highest BCUT2D eigenvalue weighted by Crippen LogP contribution is 2.27. The van der Waals surface area contributed by atoms with E-state index in [4.69, 9.17) is 5.73 Å². The molecule has 0 aliphatic heterocycles. The van der Waals surface area contributed by atoms with E-state index in [2.05, 4.69) is 34.7 Å². The van der Waals surface area contributed by atoms with Gasteiger partial charge in [0.25, 0.3) is 0 Å². The smallest absolute Gasteiger partial charge is 0.165 e. The van der Waals surface area contributed by atoms with Gasteiger partial charge in [0.15, 0.2) is 5.82 Å². The van der Waals surface area contributed by atoms with Crippen LogP contribution in [0, 0.1) is 13.8 Å². The van der Waals surface area contributed by atoms with E-state index in [0.29, 0.717) is 5.82 Å². The van der Waals surface area contributed by atoms with Crippen molar-refractivity contribution >= 4 is 17.5 Å². The zero-order chi connectivity index (χ0) is 10.1. The van der Waals surface area contributed by atoms with E-state index in [1.807, 2.05) is 6.07 Å². The van der Waals surface area contributed by atoms with E-state index in [-0.39, 0.29) is 0 Å². The van der Waals surface area contributed by atoms with Crippen LogP contribution >= 0.6 is 11.7 Å². The minimum absolute atomic E-state index is 0.516. The molecule has 0 bridgehead atoms. The minimum atomic E-state index is 0.516. The maximum absolute atomic E-state index is 5.72. The molecule has 0 atom stereocenters. The first-order valence-electron chi connectivity index (χ1n) is 4.34. The van der Waals surface area contributed by atoms with Crippen molar-refractivity contribution < 1.29 is 0 Å². The number of nitrogens with zero attached hydrogens (tertiary/aromatic N) is 2. The number of rotatable bonds is 1. The number of nitrogen functional groups attached to an aromatic ring is 1. The van der Waals surface area contributed by atoms with Gasteiger partial charge < -0.3 is 5.73 Å². The van der Waals surface area contributed by atoms with E-state index in [0.717, 1.165) is 23.0 Å². The largest absolute Gasteiger partial charge is 0.381 e. The maximum atomic E-state index is 5.72. The molecule has 4 heteroatoms. The number of hydrogen-bond acceptors (Lipinski definition) is 4.